The summed E-state index contributed by atoms with van der Waals surface area (Å²) in [6.07, 6.45) is 8.35. The van der Waals surface area contributed by atoms with Gasteiger partial charge in [0.05, 0.1) is 6.54 Å². The maximum absolute atomic E-state index is 12.9. The molecule has 0 unspecified atom stereocenters. The molecule has 0 spiro atoms. The van der Waals surface area contributed by atoms with Crippen molar-refractivity contribution in [3.63, 3.8) is 0 Å². The lowest BCUT2D eigenvalue weighted by Gasteiger charge is -2.44. The van der Waals surface area contributed by atoms with Gasteiger partial charge in [-0.3, -0.25) is 9.69 Å². The van der Waals surface area contributed by atoms with Gasteiger partial charge in [0.2, 0.25) is 5.91 Å². The van der Waals surface area contributed by atoms with Crippen LogP contribution in [0.1, 0.15) is 51.8 Å². The molecule has 3 aliphatic rings. The van der Waals surface area contributed by atoms with E-state index >= 15 is 0 Å². The third-order valence-electron chi connectivity index (χ3n) is 6.69. The highest BCUT2D eigenvalue weighted by atomic mass is 16.3. The first kappa shape index (κ1) is 18.0. The fourth-order valence-corrected chi connectivity index (χ4v) is 5.69. The minimum absolute atomic E-state index is 0.266. The second-order valence-electron chi connectivity index (χ2n) is 9.10. The lowest BCUT2D eigenvalue weighted by atomic mass is 9.85. The van der Waals surface area contributed by atoms with Gasteiger partial charge in [-0.2, -0.15) is 0 Å². The van der Waals surface area contributed by atoms with Crippen LogP contribution in [0.2, 0.25) is 0 Å². The molecule has 1 amide bonds. The molecule has 26 heavy (non-hydrogen) atoms. The van der Waals surface area contributed by atoms with Crippen LogP contribution >= 0.6 is 0 Å². The molecule has 3 fully saturated rings. The minimum Gasteiger partial charge on any atom is -0.382 e. The van der Waals surface area contributed by atoms with Crippen LogP contribution in [0.5, 0.6) is 0 Å². The number of hydrogen-bond donors (Lipinski definition) is 1. The van der Waals surface area contributed by atoms with Crippen molar-refractivity contribution in [3.05, 3.63) is 18.2 Å². The van der Waals surface area contributed by atoms with Gasteiger partial charge in [-0.05, 0) is 43.9 Å². The summed E-state index contributed by atoms with van der Waals surface area (Å²) in [5.41, 5.74) is -0.863. The van der Waals surface area contributed by atoms with Crippen molar-refractivity contribution >= 4 is 5.91 Å². The number of hydrogen-bond acceptors (Lipinski definition) is 4. The molecule has 4 atom stereocenters. The maximum atomic E-state index is 12.9. The van der Waals surface area contributed by atoms with E-state index in [1.165, 1.54) is 6.42 Å². The van der Waals surface area contributed by atoms with Gasteiger partial charge in [0.15, 0.2) is 0 Å². The Labute approximate surface area is 156 Å². The Morgan fingerprint density at radius 3 is 2.38 bits per heavy atom. The quantitative estimate of drug-likeness (QED) is 0.892. The summed E-state index contributed by atoms with van der Waals surface area (Å²) in [5.74, 6) is 2.21. The number of piperidine rings is 2. The molecular formula is C20H32N4O2. The number of aromatic nitrogens is 2. The van der Waals surface area contributed by atoms with Gasteiger partial charge in [-0.1, -0.05) is 13.8 Å². The van der Waals surface area contributed by atoms with Crippen LogP contribution in [0.3, 0.4) is 0 Å². The van der Waals surface area contributed by atoms with Crippen LogP contribution in [0.25, 0.3) is 0 Å². The van der Waals surface area contributed by atoms with Crippen molar-refractivity contribution in [3.8, 4) is 0 Å². The Kier molecular flexibility index (Phi) is 4.59. The first-order valence-corrected chi connectivity index (χ1v) is 10.1. The predicted molar refractivity (Wildman–Crippen MR) is 99.4 cm³/mol. The summed E-state index contributed by atoms with van der Waals surface area (Å²) in [6.45, 7) is 6.78. The molecule has 6 nitrogen and oxygen atoms in total. The molecule has 2 bridgehead atoms. The Morgan fingerprint density at radius 1 is 1.23 bits per heavy atom. The molecule has 1 aromatic rings. The number of aryl methyl sites for hydroxylation is 1. The standard InChI is InChI=1S/C20H32N4O2/c1-14-8-15(2)12-23(11-14)18(25)13-24-16-4-5-17(24)10-20(26,9-16)19-21-6-7-22(19)3/h6-7,14-17,26H,4-5,8-13H2,1-3H3/t14-,15+,16-,17-/m1/s1. The third-order valence-corrected chi connectivity index (χ3v) is 6.69. The highest BCUT2D eigenvalue weighted by Gasteiger charge is 2.50. The van der Waals surface area contributed by atoms with Crippen molar-refractivity contribution in [2.24, 2.45) is 18.9 Å². The average molecular weight is 361 g/mol. The average Bonchev–Trinajstić information content (AvgIpc) is 3.09. The van der Waals surface area contributed by atoms with E-state index in [4.69, 9.17) is 0 Å². The molecule has 6 heteroatoms. The molecule has 0 radical (unpaired) electrons. The lowest BCUT2D eigenvalue weighted by molar-refractivity contribution is -0.138. The van der Waals surface area contributed by atoms with Gasteiger partial charge in [-0.25, -0.2) is 4.98 Å². The van der Waals surface area contributed by atoms with E-state index in [1.807, 2.05) is 17.8 Å². The zero-order chi connectivity index (χ0) is 18.5. The van der Waals surface area contributed by atoms with E-state index < -0.39 is 5.60 Å². The topological polar surface area (TPSA) is 61.6 Å². The molecule has 4 rings (SSSR count). The van der Waals surface area contributed by atoms with Crippen molar-refractivity contribution in [1.82, 2.24) is 19.4 Å². The van der Waals surface area contributed by atoms with Crippen molar-refractivity contribution in [2.75, 3.05) is 19.6 Å². The lowest BCUT2D eigenvalue weighted by Crippen LogP contribution is -2.54. The molecule has 1 aromatic heterocycles. The highest BCUT2D eigenvalue weighted by molar-refractivity contribution is 5.78. The number of amides is 1. The zero-order valence-electron chi connectivity index (χ0n) is 16.3. The molecule has 3 saturated heterocycles. The number of carbonyl (C=O) groups excluding carboxylic acids is 1. The van der Waals surface area contributed by atoms with Crippen LogP contribution in [0.15, 0.2) is 12.4 Å². The number of fused-ring (bicyclic) bond motifs is 2. The van der Waals surface area contributed by atoms with E-state index in [2.05, 4.69) is 28.6 Å². The van der Waals surface area contributed by atoms with Crippen LogP contribution in [0, 0.1) is 11.8 Å². The number of aliphatic hydroxyl groups is 1. The Balaban J connectivity index is 1.44. The first-order chi connectivity index (χ1) is 12.4. The maximum Gasteiger partial charge on any atom is 0.236 e. The van der Waals surface area contributed by atoms with Gasteiger partial charge >= 0.3 is 0 Å². The van der Waals surface area contributed by atoms with E-state index in [0.29, 0.717) is 31.2 Å². The Morgan fingerprint density at radius 2 is 1.85 bits per heavy atom. The number of carbonyl (C=O) groups is 1. The van der Waals surface area contributed by atoms with Crippen molar-refractivity contribution < 1.29 is 9.90 Å². The number of likely N-dealkylation sites (tertiary alicyclic amines) is 1. The fourth-order valence-electron chi connectivity index (χ4n) is 5.69. The predicted octanol–water partition coefficient (Wildman–Crippen LogP) is 1.74. The second kappa shape index (κ2) is 6.64. The van der Waals surface area contributed by atoms with Gasteiger partial charge in [0.25, 0.3) is 0 Å². The molecule has 0 saturated carbocycles. The molecule has 0 aromatic carbocycles. The monoisotopic (exact) mass is 360 g/mol. The van der Waals surface area contributed by atoms with Gasteiger partial charge in [-0.15, -0.1) is 0 Å². The van der Waals surface area contributed by atoms with Gasteiger partial charge in [0.1, 0.15) is 11.4 Å². The molecule has 4 heterocycles. The van der Waals surface area contributed by atoms with E-state index in [9.17, 15) is 9.90 Å². The first-order valence-electron chi connectivity index (χ1n) is 10.1. The molecule has 3 aliphatic heterocycles. The van der Waals surface area contributed by atoms with Crippen molar-refractivity contribution in [2.45, 2.75) is 63.6 Å². The normalized spacial score (nSPS) is 37.9. The number of nitrogens with zero attached hydrogens (tertiary/aromatic N) is 4. The molecule has 0 aliphatic carbocycles. The van der Waals surface area contributed by atoms with E-state index in [1.54, 1.807) is 6.20 Å². The van der Waals surface area contributed by atoms with Crippen molar-refractivity contribution in [1.29, 1.82) is 0 Å². The summed E-state index contributed by atoms with van der Waals surface area (Å²) in [7, 11) is 1.94. The largest absolute Gasteiger partial charge is 0.382 e. The van der Waals surface area contributed by atoms with Crippen LogP contribution in [-0.2, 0) is 17.4 Å². The molecule has 1 N–H and O–H groups in total. The summed E-state index contributed by atoms with van der Waals surface area (Å²) in [6, 6.07) is 0.554. The minimum atomic E-state index is -0.863. The molecular weight excluding hydrogens is 328 g/mol. The van der Waals surface area contributed by atoms with Gasteiger partial charge < -0.3 is 14.6 Å². The summed E-state index contributed by atoms with van der Waals surface area (Å²) < 4.78 is 1.93. The number of imidazole rings is 1. The van der Waals surface area contributed by atoms with Gasteiger partial charge in [0, 0.05) is 44.6 Å². The van der Waals surface area contributed by atoms with E-state index in [-0.39, 0.29) is 18.0 Å². The smallest absolute Gasteiger partial charge is 0.236 e. The summed E-state index contributed by atoms with van der Waals surface area (Å²) >= 11 is 0. The summed E-state index contributed by atoms with van der Waals surface area (Å²) in [5, 5.41) is 11.3. The van der Waals surface area contributed by atoms with E-state index in [0.717, 1.165) is 31.8 Å². The summed E-state index contributed by atoms with van der Waals surface area (Å²) in [4.78, 5) is 21.8. The molecule has 144 valence electrons. The number of rotatable bonds is 3. The Hall–Kier alpha value is -1.40. The fraction of sp³-hybridized carbons (Fsp3) is 0.800. The second-order valence-corrected chi connectivity index (χ2v) is 9.10. The zero-order valence-corrected chi connectivity index (χ0v) is 16.3. The van der Waals surface area contributed by atoms with Crippen LogP contribution in [0.4, 0.5) is 0 Å². The third kappa shape index (κ3) is 3.18. The Bertz CT molecular complexity index is 649. The van der Waals surface area contributed by atoms with Crippen LogP contribution in [-0.4, -0.2) is 62.1 Å². The van der Waals surface area contributed by atoms with Crippen LogP contribution < -0.4 is 0 Å². The highest BCUT2D eigenvalue weighted by Crippen LogP contribution is 2.45. The SMILES string of the molecule is C[C@@H]1C[C@H](C)CN(C(=O)CN2[C@@H]3CC[C@@H]2CC(O)(c2nccn2C)C3)C1.